The first-order valence-electron chi connectivity index (χ1n) is 6.43. The van der Waals surface area contributed by atoms with Crippen LogP contribution in [0.1, 0.15) is 43.0 Å². The van der Waals surface area contributed by atoms with Gasteiger partial charge >= 0.3 is 0 Å². The van der Waals surface area contributed by atoms with Crippen LogP contribution in [0, 0.1) is 13.8 Å². The van der Waals surface area contributed by atoms with Gasteiger partial charge in [-0.1, -0.05) is 30.7 Å². The Morgan fingerprint density at radius 3 is 2.53 bits per heavy atom. The molecule has 2 heteroatoms. The predicted octanol–water partition coefficient (Wildman–Crippen LogP) is 3.38. The molecule has 0 aliphatic carbocycles. The second kappa shape index (κ2) is 6.77. The Labute approximate surface area is 105 Å². The van der Waals surface area contributed by atoms with Crippen LogP contribution in [-0.4, -0.2) is 19.8 Å². The summed E-state index contributed by atoms with van der Waals surface area (Å²) in [6.45, 7) is 9.62. The fourth-order valence-electron chi connectivity index (χ4n) is 2.14. The largest absolute Gasteiger partial charge is 0.380 e. The summed E-state index contributed by atoms with van der Waals surface area (Å²) in [6.07, 6.45) is 1.32. The van der Waals surface area contributed by atoms with Crippen molar-refractivity contribution in [3.63, 3.8) is 0 Å². The minimum Gasteiger partial charge on any atom is -0.380 e. The van der Waals surface area contributed by atoms with E-state index in [1.807, 2.05) is 0 Å². The topological polar surface area (TPSA) is 21.3 Å². The molecule has 1 rings (SSSR count). The summed E-state index contributed by atoms with van der Waals surface area (Å²) in [5, 5.41) is 3.57. The number of rotatable bonds is 6. The lowest BCUT2D eigenvalue weighted by atomic mass is 9.96. The fraction of sp³-hybridized carbons (Fsp3) is 0.600. The zero-order chi connectivity index (χ0) is 12.8. The van der Waals surface area contributed by atoms with E-state index in [-0.39, 0.29) is 12.1 Å². The van der Waals surface area contributed by atoms with Gasteiger partial charge in [0.2, 0.25) is 0 Å². The quantitative estimate of drug-likeness (QED) is 0.816. The Hall–Kier alpha value is -0.860. The van der Waals surface area contributed by atoms with E-state index < -0.39 is 0 Å². The molecule has 0 saturated heterocycles. The van der Waals surface area contributed by atoms with E-state index in [1.54, 1.807) is 7.11 Å². The van der Waals surface area contributed by atoms with Crippen molar-refractivity contribution in [3.8, 4) is 0 Å². The first kappa shape index (κ1) is 14.2. The van der Waals surface area contributed by atoms with Crippen LogP contribution >= 0.6 is 0 Å². The molecular weight excluding hydrogens is 210 g/mol. The highest BCUT2D eigenvalue weighted by Crippen LogP contribution is 2.23. The predicted molar refractivity (Wildman–Crippen MR) is 73.4 cm³/mol. The van der Waals surface area contributed by atoms with Gasteiger partial charge in [-0.05, 0) is 44.9 Å². The summed E-state index contributed by atoms with van der Waals surface area (Å²) in [6, 6.07) is 6.90. The maximum Gasteiger partial charge on any atom is 0.0737 e. The van der Waals surface area contributed by atoms with Crippen molar-refractivity contribution >= 4 is 0 Å². The Balaban J connectivity index is 2.95. The van der Waals surface area contributed by atoms with E-state index in [0.29, 0.717) is 0 Å². The molecule has 0 aliphatic heterocycles. The summed E-state index contributed by atoms with van der Waals surface area (Å²) in [5.41, 5.74) is 3.99. The van der Waals surface area contributed by atoms with Gasteiger partial charge < -0.3 is 10.1 Å². The van der Waals surface area contributed by atoms with Crippen LogP contribution in [0.3, 0.4) is 0 Å². The van der Waals surface area contributed by atoms with Crippen molar-refractivity contribution in [2.24, 2.45) is 0 Å². The van der Waals surface area contributed by atoms with E-state index in [0.717, 1.165) is 13.0 Å². The number of aryl methyl sites for hydroxylation is 2. The third-order valence-corrected chi connectivity index (χ3v) is 3.22. The zero-order valence-corrected chi connectivity index (χ0v) is 11.7. The standard InChI is InChI=1S/C15H25NO/c1-6-9-16-15(13(4)17-5)14-8-7-11(2)10-12(14)3/h7-8,10,13,15-16H,6,9H2,1-5H3. The molecule has 0 spiro atoms. The summed E-state index contributed by atoms with van der Waals surface area (Å²) in [4.78, 5) is 0. The maximum absolute atomic E-state index is 5.49. The van der Waals surface area contributed by atoms with Gasteiger partial charge in [0.25, 0.3) is 0 Å². The SMILES string of the molecule is CCCNC(c1ccc(C)cc1C)C(C)OC. The summed E-state index contributed by atoms with van der Waals surface area (Å²) in [5.74, 6) is 0. The van der Waals surface area contributed by atoms with Crippen LogP contribution in [0.25, 0.3) is 0 Å². The molecule has 96 valence electrons. The van der Waals surface area contributed by atoms with Gasteiger partial charge in [-0.2, -0.15) is 0 Å². The van der Waals surface area contributed by atoms with Crippen LogP contribution in [0.2, 0.25) is 0 Å². The maximum atomic E-state index is 5.49. The monoisotopic (exact) mass is 235 g/mol. The van der Waals surface area contributed by atoms with Crippen molar-refractivity contribution in [2.45, 2.75) is 46.3 Å². The lowest BCUT2D eigenvalue weighted by Crippen LogP contribution is -2.32. The lowest BCUT2D eigenvalue weighted by Gasteiger charge is -2.26. The molecule has 1 aromatic carbocycles. The highest BCUT2D eigenvalue weighted by molar-refractivity contribution is 5.33. The average molecular weight is 235 g/mol. The van der Waals surface area contributed by atoms with Gasteiger partial charge in [-0.25, -0.2) is 0 Å². The van der Waals surface area contributed by atoms with Gasteiger partial charge in [0.15, 0.2) is 0 Å². The minimum atomic E-state index is 0.183. The van der Waals surface area contributed by atoms with Gasteiger partial charge in [0.1, 0.15) is 0 Å². The van der Waals surface area contributed by atoms with Crippen molar-refractivity contribution in [2.75, 3.05) is 13.7 Å². The molecule has 0 aliphatic rings. The van der Waals surface area contributed by atoms with E-state index in [1.165, 1.54) is 16.7 Å². The van der Waals surface area contributed by atoms with E-state index >= 15 is 0 Å². The molecule has 17 heavy (non-hydrogen) atoms. The van der Waals surface area contributed by atoms with Crippen molar-refractivity contribution < 1.29 is 4.74 Å². The Bertz CT molecular complexity index is 349. The minimum absolute atomic E-state index is 0.183. The van der Waals surface area contributed by atoms with E-state index in [4.69, 9.17) is 4.74 Å². The van der Waals surface area contributed by atoms with Crippen molar-refractivity contribution in [1.29, 1.82) is 0 Å². The van der Waals surface area contributed by atoms with Crippen LogP contribution in [0.5, 0.6) is 0 Å². The molecule has 0 fully saturated rings. The Kier molecular flexibility index (Phi) is 5.66. The van der Waals surface area contributed by atoms with Crippen molar-refractivity contribution in [1.82, 2.24) is 5.32 Å². The van der Waals surface area contributed by atoms with Gasteiger partial charge in [-0.3, -0.25) is 0 Å². The second-order valence-electron chi connectivity index (χ2n) is 4.73. The molecule has 1 aromatic rings. The average Bonchev–Trinajstić information content (AvgIpc) is 2.31. The first-order chi connectivity index (χ1) is 8.10. The van der Waals surface area contributed by atoms with Crippen LogP contribution in [0.15, 0.2) is 18.2 Å². The normalized spacial score (nSPS) is 14.6. The highest BCUT2D eigenvalue weighted by Gasteiger charge is 2.19. The van der Waals surface area contributed by atoms with Crippen LogP contribution in [0.4, 0.5) is 0 Å². The second-order valence-corrected chi connectivity index (χ2v) is 4.73. The Morgan fingerprint density at radius 1 is 1.29 bits per heavy atom. The van der Waals surface area contributed by atoms with Crippen molar-refractivity contribution in [3.05, 3.63) is 34.9 Å². The Morgan fingerprint density at radius 2 is 2.00 bits per heavy atom. The van der Waals surface area contributed by atoms with Gasteiger partial charge in [0.05, 0.1) is 12.1 Å². The fourth-order valence-corrected chi connectivity index (χ4v) is 2.14. The molecule has 2 atom stereocenters. The molecule has 0 aromatic heterocycles. The number of nitrogens with one attached hydrogen (secondary N) is 1. The molecule has 0 bridgehead atoms. The number of ether oxygens (including phenoxy) is 1. The smallest absolute Gasteiger partial charge is 0.0737 e. The number of hydrogen-bond acceptors (Lipinski definition) is 2. The molecular formula is C15H25NO. The first-order valence-corrected chi connectivity index (χ1v) is 6.43. The van der Waals surface area contributed by atoms with E-state index in [2.05, 4.69) is 51.2 Å². The third-order valence-electron chi connectivity index (χ3n) is 3.22. The summed E-state index contributed by atoms with van der Waals surface area (Å²) in [7, 11) is 1.77. The third kappa shape index (κ3) is 3.83. The number of hydrogen-bond donors (Lipinski definition) is 1. The molecule has 0 heterocycles. The zero-order valence-electron chi connectivity index (χ0n) is 11.7. The molecule has 2 unspecified atom stereocenters. The molecule has 0 amide bonds. The lowest BCUT2D eigenvalue weighted by molar-refractivity contribution is 0.0828. The van der Waals surface area contributed by atoms with Crippen LogP contribution < -0.4 is 5.32 Å². The number of benzene rings is 1. The molecule has 0 saturated carbocycles. The molecule has 0 radical (unpaired) electrons. The van der Waals surface area contributed by atoms with Crippen LogP contribution in [-0.2, 0) is 4.74 Å². The molecule has 1 N–H and O–H groups in total. The summed E-state index contributed by atoms with van der Waals surface area (Å²) >= 11 is 0. The van der Waals surface area contributed by atoms with Gasteiger partial charge in [0, 0.05) is 7.11 Å². The number of methoxy groups -OCH3 is 1. The van der Waals surface area contributed by atoms with E-state index in [9.17, 15) is 0 Å². The van der Waals surface area contributed by atoms with Gasteiger partial charge in [-0.15, -0.1) is 0 Å². The highest BCUT2D eigenvalue weighted by atomic mass is 16.5. The molecule has 2 nitrogen and oxygen atoms in total. The summed E-state index contributed by atoms with van der Waals surface area (Å²) < 4.78 is 5.49.